The Labute approximate surface area is 149 Å². The maximum absolute atomic E-state index is 4.97. The Balaban J connectivity index is 1.67. The van der Waals surface area contributed by atoms with E-state index in [-0.39, 0.29) is 12.0 Å². The van der Waals surface area contributed by atoms with E-state index in [4.69, 9.17) is 15.0 Å². The summed E-state index contributed by atoms with van der Waals surface area (Å²) in [5, 5.41) is 0. The number of piperidine rings is 1. The molecule has 0 spiro atoms. The van der Waals surface area contributed by atoms with Crippen molar-refractivity contribution >= 4 is 17.5 Å². The Bertz CT molecular complexity index is 764. The number of hydrogen-bond donors (Lipinski definition) is 0. The van der Waals surface area contributed by atoms with Gasteiger partial charge in [-0.05, 0) is 37.8 Å². The quantitative estimate of drug-likeness (QED) is 0.800. The van der Waals surface area contributed by atoms with E-state index in [1.54, 1.807) is 0 Å². The molecule has 2 atom stereocenters. The molecule has 2 unspecified atom stereocenters. The number of aliphatic imine (C=N–C) groups is 3. The number of nitrogens with zero attached hydrogens (tertiary/aromatic N) is 4. The van der Waals surface area contributed by atoms with E-state index in [0.29, 0.717) is 0 Å². The lowest BCUT2D eigenvalue weighted by molar-refractivity contribution is 0.339. The van der Waals surface area contributed by atoms with Crippen LogP contribution < -0.4 is 0 Å². The molecule has 0 amide bonds. The lowest BCUT2D eigenvalue weighted by atomic mass is 9.95. The minimum Gasteiger partial charge on any atom is -0.341 e. The molecule has 3 aliphatic rings. The van der Waals surface area contributed by atoms with Crippen LogP contribution in [0.1, 0.15) is 37.8 Å². The molecule has 4 rings (SSSR count). The normalized spacial score (nSPS) is 25.4. The predicted molar refractivity (Wildman–Crippen MR) is 104 cm³/mol. The summed E-state index contributed by atoms with van der Waals surface area (Å²) in [6.45, 7) is 4.22. The number of guanidine groups is 1. The van der Waals surface area contributed by atoms with Crippen LogP contribution in [0.5, 0.6) is 0 Å². The third kappa shape index (κ3) is 3.48. The number of likely N-dealkylation sites (tertiary alicyclic amines) is 1. The van der Waals surface area contributed by atoms with Gasteiger partial charge in [0, 0.05) is 13.1 Å². The third-order valence-electron chi connectivity index (χ3n) is 4.97. The van der Waals surface area contributed by atoms with Crippen molar-refractivity contribution in [2.75, 3.05) is 13.1 Å². The van der Waals surface area contributed by atoms with Crippen molar-refractivity contribution in [3.05, 3.63) is 60.2 Å². The maximum atomic E-state index is 4.97. The number of amidine groups is 1. The molecule has 0 aromatic heterocycles. The highest BCUT2D eigenvalue weighted by atomic mass is 15.3. The van der Waals surface area contributed by atoms with E-state index >= 15 is 0 Å². The van der Waals surface area contributed by atoms with Crippen LogP contribution in [0.2, 0.25) is 0 Å². The summed E-state index contributed by atoms with van der Waals surface area (Å²) < 4.78 is 0. The molecule has 25 heavy (non-hydrogen) atoms. The van der Waals surface area contributed by atoms with Crippen molar-refractivity contribution in [1.29, 1.82) is 0 Å². The molecule has 1 fully saturated rings. The monoisotopic (exact) mass is 332 g/mol. The summed E-state index contributed by atoms with van der Waals surface area (Å²) in [4.78, 5) is 17.0. The van der Waals surface area contributed by atoms with Gasteiger partial charge in [0.25, 0.3) is 0 Å². The molecule has 1 aromatic rings. The number of fused-ring (bicyclic) bond motifs is 1. The first kappa shape index (κ1) is 16.0. The summed E-state index contributed by atoms with van der Waals surface area (Å²) in [6, 6.07) is 10.5. The van der Waals surface area contributed by atoms with Crippen molar-refractivity contribution in [3.63, 3.8) is 0 Å². The van der Waals surface area contributed by atoms with Crippen molar-refractivity contribution in [2.24, 2.45) is 20.9 Å². The zero-order valence-corrected chi connectivity index (χ0v) is 14.7. The van der Waals surface area contributed by atoms with Crippen molar-refractivity contribution < 1.29 is 0 Å². The molecule has 0 saturated carbocycles. The van der Waals surface area contributed by atoms with Gasteiger partial charge in [0.15, 0.2) is 0 Å². The fourth-order valence-electron chi connectivity index (χ4n) is 3.52. The minimum absolute atomic E-state index is 0.0738. The van der Waals surface area contributed by atoms with Crippen LogP contribution >= 0.6 is 0 Å². The van der Waals surface area contributed by atoms with Gasteiger partial charge in [-0.2, -0.15) is 4.99 Å². The third-order valence-corrected chi connectivity index (χ3v) is 4.97. The number of rotatable bonds is 2. The molecule has 2 heterocycles. The van der Waals surface area contributed by atoms with Gasteiger partial charge in [0.1, 0.15) is 5.84 Å². The van der Waals surface area contributed by atoms with Crippen molar-refractivity contribution in [3.8, 4) is 0 Å². The van der Waals surface area contributed by atoms with Gasteiger partial charge in [-0.1, -0.05) is 48.6 Å². The zero-order chi connectivity index (χ0) is 17.1. The van der Waals surface area contributed by atoms with Crippen LogP contribution in [0.3, 0.4) is 0 Å². The average molecular weight is 332 g/mol. The van der Waals surface area contributed by atoms with Gasteiger partial charge in [-0.3, -0.25) is 4.99 Å². The molecule has 1 saturated heterocycles. The highest BCUT2D eigenvalue weighted by molar-refractivity contribution is 6.22. The maximum Gasteiger partial charge on any atom is 0.227 e. The molecule has 0 N–H and O–H groups in total. The molecule has 128 valence electrons. The fraction of sp³-hybridized carbons (Fsp3) is 0.381. The summed E-state index contributed by atoms with van der Waals surface area (Å²) in [5.74, 6) is 1.79. The van der Waals surface area contributed by atoms with Crippen LogP contribution in [0.4, 0.5) is 0 Å². The number of benzene rings is 1. The second-order valence-electron chi connectivity index (χ2n) is 6.79. The molecule has 4 heteroatoms. The highest BCUT2D eigenvalue weighted by Gasteiger charge is 2.28. The summed E-state index contributed by atoms with van der Waals surface area (Å²) in [5.41, 5.74) is 2.27. The Morgan fingerprint density at radius 2 is 1.84 bits per heavy atom. The van der Waals surface area contributed by atoms with Crippen LogP contribution in [0.25, 0.3) is 0 Å². The molecule has 4 nitrogen and oxygen atoms in total. The molecule has 2 aliphatic heterocycles. The molecule has 1 aromatic carbocycles. The van der Waals surface area contributed by atoms with E-state index < -0.39 is 0 Å². The van der Waals surface area contributed by atoms with Gasteiger partial charge in [-0.15, -0.1) is 0 Å². The highest BCUT2D eigenvalue weighted by Crippen LogP contribution is 2.24. The molecule has 0 radical (unpaired) electrons. The average Bonchev–Trinajstić information content (AvgIpc) is 2.69. The van der Waals surface area contributed by atoms with E-state index in [1.165, 1.54) is 24.8 Å². The Morgan fingerprint density at radius 3 is 2.64 bits per heavy atom. The molecular weight excluding hydrogens is 308 g/mol. The second kappa shape index (κ2) is 7.18. The van der Waals surface area contributed by atoms with Gasteiger partial charge < -0.3 is 4.90 Å². The Hall–Kier alpha value is -2.49. The SMILES string of the molecule is CC(N=C1N=C(N2CCCCC2)N=C2C=CC=CC21)c1ccccc1. The summed E-state index contributed by atoms with van der Waals surface area (Å²) in [7, 11) is 0. The lowest BCUT2D eigenvalue weighted by Crippen LogP contribution is -2.39. The van der Waals surface area contributed by atoms with Gasteiger partial charge in [0.2, 0.25) is 5.96 Å². The number of hydrogen-bond acceptors (Lipinski definition) is 3. The second-order valence-corrected chi connectivity index (χ2v) is 6.79. The first-order chi connectivity index (χ1) is 12.3. The minimum atomic E-state index is 0.0738. The van der Waals surface area contributed by atoms with Crippen LogP contribution in [-0.2, 0) is 0 Å². The number of allylic oxidation sites excluding steroid dienone is 3. The van der Waals surface area contributed by atoms with Crippen LogP contribution in [0.15, 0.2) is 69.6 Å². The zero-order valence-electron chi connectivity index (χ0n) is 14.7. The van der Waals surface area contributed by atoms with Crippen LogP contribution in [-0.4, -0.2) is 35.5 Å². The van der Waals surface area contributed by atoms with E-state index in [2.05, 4.69) is 54.3 Å². The first-order valence-corrected chi connectivity index (χ1v) is 9.21. The Kier molecular flexibility index (Phi) is 4.59. The first-order valence-electron chi connectivity index (χ1n) is 9.21. The van der Waals surface area contributed by atoms with Crippen molar-refractivity contribution in [1.82, 2.24) is 4.90 Å². The summed E-state index contributed by atoms with van der Waals surface area (Å²) >= 11 is 0. The molecule has 1 aliphatic carbocycles. The van der Waals surface area contributed by atoms with E-state index in [0.717, 1.165) is 30.6 Å². The standard InChI is InChI=1S/C21H24N4/c1-16(17-10-4-2-5-11-17)22-20-18-12-6-7-13-19(18)23-21(24-20)25-14-8-3-9-15-25/h2,4-7,10-13,16,18H,3,8-9,14-15H2,1H3. The van der Waals surface area contributed by atoms with Crippen LogP contribution in [0, 0.1) is 5.92 Å². The predicted octanol–water partition coefficient (Wildman–Crippen LogP) is 4.18. The van der Waals surface area contributed by atoms with Gasteiger partial charge in [0.05, 0.1) is 17.7 Å². The smallest absolute Gasteiger partial charge is 0.227 e. The van der Waals surface area contributed by atoms with Gasteiger partial charge >= 0.3 is 0 Å². The molecular formula is C21H24N4. The van der Waals surface area contributed by atoms with Crippen molar-refractivity contribution in [2.45, 2.75) is 32.2 Å². The molecule has 0 bridgehead atoms. The Morgan fingerprint density at radius 1 is 1.04 bits per heavy atom. The van der Waals surface area contributed by atoms with E-state index in [9.17, 15) is 0 Å². The van der Waals surface area contributed by atoms with E-state index in [1.807, 2.05) is 12.1 Å². The fourth-order valence-corrected chi connectivity index (χ4v) is 3.52. The lowest BCUT2D eigenvalue weighted by Gasteiger charge is -2.31. The summed E-state index contributed by atoms with van der Waals surface area (Å²) in [6.07, 6.45) is 12.1. The van der Waals surface area contributed by atoms with Gasteiger partial charge in [-0.25, -0.2) is 4.99 Å². The largest absolute Gasteiger partial charge is 0.341 e. The topological polar surface area (TPSA) is 40.3 Å².